The summed E-state index contributed by atoms with van der Waals surface area (Å²) in [6.07, 6.45) is 2.49. The van der Waals surface area contributed by atoms with E-state index in [-0.39, 0.29) is 90.9 Å². The maximum absolute atomic E-state index is 14.2. The van der Waals surface area contributed by atoms with Gasteiger partial charge in [0.2, 0.25) is 5.91 Å². The number of sulfonamides is 2. The van der Waals surface area contributed by atoms with Gasteiger partial charge in [-0.15, -0.1) is 9.36 Å². The van der Waals surface area contributed by atoms with Crippen molar-refractivity contribution >= 4 is 31.9 Å². The zero-order valence-corrected chi connectivity index (χ0v) is 43.7. The molecule has 0 bridgehead atoms. The number of aliphatic carboxylic acids is 1. The van der Waals surface area contributed by atoms with Gasteiger partial charge in [0.1, 0.15) is 50.1 Å². The van der Waals surface area contributed by atoms with Crippen LogP contribution in [-0.4, -0.2) is 94.3 Å². The summed E-state index contributed by atoms with van der Waals surface area (Å²) in [5, 5.41) is 21.8. The van der Waals surface area contributed by atoms with Gasteiger partial charge >= 0.3 is 26.0 Å². The highest BCUT2D eigenvalue weighted by atomic mass is 32.2. The number of aromatic nitrogens is 6. The van der Waals surface area contributed by atoms with Gasteiger partial charge in [-0.1, -0.05) is 62.8 Å². The maximum atomic E-state index is 14.2. The predicted molar refractivity (Wildman–Crippen MR) is 255 cm³/mol. The van der Waals surface area contributed by atoms with Crippen molar-refractivity contribution in [2.75, 3.05) is 40.6 Å². The minimum Gasteiger partial charge on any atom is -0.481 e. The van der Waals surface area contributed by atoms with Crippen LogP contribution in [0.3, 0.4) is 0 Å². The Morgan fingerprint density at radius 3 is 1.29 bits per heavy atom. The molecule has 2 aliphatic rings. The summed E-state index contributed by atoms with van der Waals surface area (Å²) in [5.41, 5.74) is 2.82. The summed E-state index contributed by atoms with van der Waals surface area (Å²) >= 11 is 0. The van der Waals surface area contributed by atoms with E-state index in [2.05, 4.69) is 14.9 Å². The summed E-state index contributed by atoms with van der Waals surface area (Å²) in [6.45, 7) is 24.1. The molecule has 4 heterocycles. The number of benzene rings is 2. The van der Waals surface area contributed by atoms with E-state index >= 15 is 0 Å². The van der Waals surface area contributed by atoms with Crippen LogP contribution in [0.2, 0.25) is 0 Å². The van der Waals surface area contributed by atoms with Crippen molar-refractivity contribution in [3.63, 3.8) is 0 Å². The molecule has 1 amide bonds. The number of rotatable bonds is 17. The first-order chi connectivity index (χ1) is 31.9. The van der Waals surface area contributed by atoms with E-state index < -0.39 is 43.4 Å². The van der Waals surface area contributed by atoms with Gasteiger partial charge in [0.15, 0.2) is 12.4 Å². The predicted octanol–water partition coefficient (Wildman–Crippen LogP) is 5.58. The van der Waals surface area contributed by atoms with Crippen LogP contribution in [0.15, 0.2) is 46.7 Å². The van der Waals surface area contributed by atoms with Crippen molar-refractivity contribution in [3.8, 4) is 0 Å². The van der Waals surface area contributed by atoms with E-state index in [0.29, 0.717) is 29.9 Å². The third kappa shape index (κ3) is 13.6. The fourth-order valence-electron chi connectivity index (χ4n) is 7.89. The number of primary sulfonamides is 1. The molecule has 19 nitrogen and oxygen atoms in total. The van der Waals surface area contributed by atoms with Crippen molar-refractivity contribution in [1.82, 2.24) is 24.5 Å². The van der Waals surface area contributed by atoms with Crippen molar-refractivity contribution < 1.29 is 68.6 Å². The molecule has 4 aromatic rings. The van der Waals surface area contributed by atoms with Crippen LogP contribution in [-0.2, 0) is 72.9 Å². The van der Waals surface area contributed by atoms with Gasteiger partial charge in [-0.2, -0.15) is 8.42 Å². The van der Waals surface area contributed by atoms with Crippen molar-refractivity contribution in [2.24, 2.45) is 5.14 Å². The first-order valence-electron chi connectivity index (χ1n) is 22.7. The van der Waals surface area contributed by atoms with Crippen molar-refractivity contribution in [2.45, 2.75) is 161 Å². The average molecular weight is 1030 g/mol. The third-order valence-corrected chi connectivity index (χ3v) is 13.7. The first-order valence-corrected chi connectivity index (χ1v) is 25.7. The number of nitrogens with zero attached hydrogens (tertiary/aromatic N) is 6. The number of hydrogen-bond donors (Lipinski definition) is 3. The normalized spacial score (nSPS) is 15.2. The SMILES string of the molecule is C.CC(C)c1cc(F)cc(C(C)C)c1CC(=O)O.COC1([n+]2cc(S(=O)(=O)NC(=O)Cc3c(C(C)C)cc(F)cc3C(C)C)nn2C(C)C)COC1.COC1([n+]2cc(S(N)(=O)=O)nn2C(C)C)COC1. The largest absolute Gasteiger partial charge is 0.481 e. The number of hydrogen-bond acceptors (Lipinski definition) is 12. The standard InChI is InChI=1S/C23H33FN4O5S.C14H19FO2.C9H17N4O4S.CH4/c1-14(2)18-8-17(24)9-19(15(3)4)20(18)10-21(29)26-34(30,31)22-11-27(28(25-22)16(5)6)23(32-7)12-33-13-23;1-8(2)11-5-10(15)6-12(9(3)4)13(11)7-14(16)17;1-7(2)13-11-8(18(10,14)15)4-12(13)9(16-3)5-17-6-9;/h8-9,11,14-16H,10,12-13H2,1-7H3;5-6,8-9H,7H2,1-4H3,(H,16,17);4,7H,5-6H2,1-3H3,(H2,10,14,15);1H4/q;;+1;/p+1. The molecule has 4 N–H and O–H groups in total. The second-order valence-corrected chi connectivity index (χ2v) is 22.1. The molecule has 2 aromatic heterocycles. The van der Waals surface area contributed by atoms with Gasteiger partial charge in [-0.05, 0) is 119 Å². The Kier molecular flexibility index (Phi) is 20.1. The number of nitrogens with one attached hydrogen (secondary N) is 1. The van der Waals surface area contributed by atoms with Gasteiger partial charge in [0, 0.05) is 14.2 Å². The number of halogens is 2. The molecule has 0 atom stereocenters. The highest BCUT2D eigenvalue weighted by Gasteiger charge is 2.51. The quantitative estimate of drug-likeness (QED) is 0.110. The van der Waals surface area contributed by atoms with Gasteiger partial charge in [-0.25, -0.2) is 27.1 Å². The molecule has 0 unspecified atom stereocenters. The third-order valence-electron chi connectivity index (χ3n) is 11.7. The fourth-order valence-corrected chi connectivity index (χ4v) is 9.24. The lowest BCUT2D eigenvalue weighted by molar-refractivity contribution is -0.893. The number of nitrogens with two attached hydrogens (primary N) is 1. The Morgan fingerprint density at radius 2 is 1.01 bits per heavy atom. The molecule has 6 rings (SSSR count). The van der Waals surface area contributed by atoms with Crippen molar-refractivity contribution in [3.05, 3.63) is 81.7 Å². The van der Waals surface area contributed by atoms with Crippen LogP contribution in [0, 0.1) is 11.6 Å². The second-order valence-electron chi connectivity index (χ2n) is 19.0. The van der Waals surface area contributed by atoms with E-state index in [1.807, 2.05) is 83.1 Å². The number of carboxylic acids is 1. The molecule has 70 heavy (non-hydrogen) atoms. The monoisotopic (exact) mass is 1030 g/mol. The molecule has 2 fully saturated rings. The molecular formula is C47H74F2N8O11S2+2. The second kappa shape index (κ2) is 23.6. The Balaban J connectivity index is 0.000000304. The molecule has 2 saturated heterocycles. The summed E-state index contributed by atoms with van der Waals surface area (Å²) < 4.78 is 103. The minimum atomic E-state index is -4.26. The summed E-state index contributed by atoms with van der Waals surface area (Å²) in [5.74, 6) is -2.08. The molecule has 0 aliphatic carbocycles. The van der Waals surface area contributed by atoms with E-state index in [4.69, 9.17) is 29.2 Å². The molecule has 23 heteroatoms. The first kappa shape index (κ1) is 59.5. The fraction of sp³-hybridized carbons (Fsp3) is 0.617. The van der Waals surface area contributed by atoms with Crippen LogP contribution < -0.4 is 19.2 Å². The number of carboxylic acid groups (broad SMARTS) is 1. The molecule has 2 aromatic carbocycles. The van der Waals surface area contributed by atoms with Gasteiger partial charge in [0.05, 0.1) is 23.0 Å². The molecular weight excluding hydrogens is 955 g/mol. The summed E-state index contributed by atoms with van der Waals surface area (Å²) in [4.78, 5) is 26.9. The Hall–Kier alpha value is -4.78. The number of carbonyl (C=O) groups excluding carboxylic acids is 1. The summed E-state index contributed by atoms with van der Waals surface area (Å²) in [6, 6.07) is 5.52. The smallest absolute Gasteiger partial charge is 0.352 e. The Morgan fingerprint density at radius 1 is 0.686 bits per heavy atom. The van der Waals surface area contributed by atoms with E-state index in [9.17, 15) is 35.2 Å². The number of methoxy groups -OCH3 is 2. The van der Waals surface area contributed by atoms with Crippen LogP contribution in [0.5, 0.6) is 0 Å². The highest BCUT2D eigenvalue weighted by molar-refractivity contribution is 7.90. The Bertz CT molecular complexity index is 2620. The molecule has 0 spiro atoms. The molecule has 0 saturated carbocycles. The van der Waals surface area contributed by atoms with Crippen molar-refractivity contribution in [1.29, 1.82) is 0 Å². The average Bonchev–Trinajstić information content (AvgIpc) is 3.86. The lowest BCUT2D eigenvalue weighted by atomic mass is 9.87. The molecule has 392 valence electrons. The lowest BCUT2D eigenvalue weighted by Gasteiger charge is -2.36. The zero-order valence-electron chi connectivity index (χ0n) is 42.0. The topological polar surface area (TPSA) is 241 Å². The van der Waals surface area contributed by atoms with E-state index in [1.165, 1.54) is 53.4 Å². The Labute approximate surface area is 411 Å². The van der Waals surface area contributed by atoms with Crippen LogP contribution in [0.25, 0.3) is 0 Å². The van der Waals surface area contributed by atoms with E-state index in [0.717, 1.165) is 16.7 Å². The van der Waals surface area contributed by atoms with Crippen LogP contribution in [0.1, 0.15) is 160 Å². The van der Waals surface area contributed by atoms with Gasteiger partial charge in [0.25, 0.3) is 21.5 Å². The molecule has 2 aliphatic heterocycles. The molecule has 0 radical (unpaired) electrons. The minimum absolute atomic E-state index is 0. The van der Waals surface area contributed by atoms with Gasteiger partial charge < -0.3 is 24.1 Å². The van der Waals surface area contributed by atoms with E-state index in [1.54, 1.807) is 16.5 Å². The zero-order chi connectivity index (χ0) is 52.1. The number of ether oxygens (including phenoxy) is 4. The summed E-state index contributed by atoms with van der Waals surface area (Å²) in [7, 11) is -5.04. The number of amides is 1. The van der Waals surface area contributed by atoms with Crippen LogP contribution in [0.4, 0.5) is 8.78 Å². The number of carbonyl (C=O) groups is 2. The van der Waals surface area contributed by atoms with Gasteiger partial charge in [-0.3, -0.25) is 9.59 Å². The van der Waals surface area contributed by atoms with Crippen LogP contribution >= 0.6 is 0 Å². The lowest BCUT2D eigenvalue weighted by Crippen LogP contribution is -2.72. The maximum Gasteiger partial charge on any atom is 0.352 e. The highest BCUT2D eigenvalue weighted by Crippen LogP contribution is 2.31.